The minimum atomic E-state index is 0.236. The Balaban J connectivity index is 1.51. The quantitative estimate of drug-likeness (QED) is 0.848. The van der Waals surface area contributed by atoms with E-state index in [-0.39, 0.29) is 6.10 Å². The SMILES string of the molecule is Cc1cc(C)n(CC2CN(CC3CCCCO3)CCO2)n1. The van der Waals surface area contributed by atoms with E-state index in [0.717, 1.165) is 45.1 Å². The molecular weight excluding hydrogens is 266 g/mol. The molecule has 2 aliphatic heterocycles. The standard InChI is InChI=1S/C16H27N3O2/c1-13-9-14(2)19(17-13)12-16-11-18(6-8-21-16)10-15-5-3-4-7-20-15/h9,15-16H,3-8,10-12H2,1-2H3. The summed E-state index contributed by atoms with van der Waals surface area (Å²) in [5.41, 5.74) is 2.29. The van der Waals surface area contributed by atoms with Gasteiger partial charge < -0.3 is 9.47 Å². The molecule has 21 heavy (non-hydrogen) atoms. The summed E-state index contributed by atoms with van der Waals surface area (Å²) in [6, 6.07) is 2.12. The van der Waals surface area contributed by atoms with Crippen molar-refractivity contribution in [3.63, 3.8) is 0 Å². The molecule has 0 aliphatic carbocycles. The Morgan fingerprint density at radius 3 is 2.71 bits per heavy atom. The van der Waals surface area contributed by atoms with E-state index in [1.807, 2.05) is 6.92 Å². The highest BCUT2D eigenvalue weighted by molar-refractivity contribution is 5.06. The molecule has 2 atom stereocenters. The number of aryl methyl sites for hydroxylation is 2. The lowest BCUT2D eigenvalue weighted by atomic mass is 10.1. The molecule has 1 aromatic heterocycles. The van der Waals surface area contributed by atoms with Gasteiger partial charge in [0.1, 0.15) is 0 Å². The topological polar surface area (TPSA) is 39.5 Å². The highest BCUT2D eigenvalue weighted by atomic mass is 16.5. The van der Waals surface area contributed by atoms with E-state index in [2.05, 4.69) is 27.7 Å². The van der Waals surface area contributed by atoms with Crippen LogP contribution in [0.4, 0.5) is 0 Å². The summed E-state index contributed by atoms with van der Waals surface area (Å²) in [5, 5.41) is 4.54. The van der Waals surface area contributed by atoms with E-state index in [4.69, 9.17) is 9.47 Å². The molecule has 118 valence electrons. The fourth-order valence-electron chi connectivity index (χ4n) is 3.35. The van der Waals surface area contributed by atoms with Crippen LogP contribution in [0.15, 0.2) is 6.07 Å². The van der Waals surface area contributed by atoms with Gasteiger partial charge in [-0.05, 0) is 39.2 Å². The van der Waals surface area contributed by atoms with Crippen molar-refractivity contribution in [1.29, 1.82) is 0 Å². The largest absolute Gasteiger partial charge is 0.377 e. The van der Waals surface area contributed by atoms with Crippen molar-refractivity contribution >= 4 is 0 Å². The molecule has 2 unspecified atom stereocenters. The van der Waals surface area contributed by atoms with Crippen molar-refractivity contribution in [2.75, 3.05) is 32.8 Å². The van der Waals surface area contributed by atoms with E-state index in [1.54, 1.807) is 0 Å². The molecule has 3 heterocycles. The summed E-state index contributed by atoms with van der Waals surface area (Å²) >= 11 is 0. The number of morpholine rings is 1. The first-order valence-corrected chi connectivity index (χ1v) is 8.17. The Hall–Kier alpha value is -0.910. The molecule has 2 saturated heterocycles. The second kappa shape index (κ2) is 6.90. The summed E-state index contributed by atoms with van der Waals surface area (Å²) < 4.78 is 13.8. The highest BCUT2D eigenvalue weighted by Crippen LogP contribution is 2.16. The number of nitrogens with zero attached hydrogens (tertiary/aromatic N) is 3. The fourth-order valence-corrected chi connectivity index (χ4v) is 3.35. The Morgan fingerprint density at radius 2 is 2.00 bits per heavy atom. The van der Waals surface area contributed by atoms with Gasteiger partial charge in [-0.15, -0.1) is 0 Å². The predicted molar refractivity (Wildman–Crippen MR) is 81.5 cm³/mol. The first-order valence-electron chi connectivity index (χ1n) is 8.17. The third-order valence-corrected chi connectivity index (χ3v) is 4.44. The number of hydrogen-bond donors (Lipinski definition) is 0. The van der Waals surface area contributed by atoms with Crippen molar-refractivity contribution < 1.29 is 9.47 Å². The summed E-state index contributed by atoms with van der Waals surface area (Å²) in [4.78, 5) is 2.50. The second-order valence-electron chi connectivity index (χ2n) is 6.35. The molecular formula is C16H27N3O2. The zero-order valence-electron chi connectivity index (χ0n) is 13.3. The number of hydrogen-bond acceptors (Lipinski definition) is 4. The molecule has 1 aromatic rings. The van der Waals surface area contributed by atoms with Crippen LogP contribution in [0.25, 0.3) is 0 Å². The van der Waals surface area contributed by atoms with E-state index in [0.29, 0.717) is 6.10 Å². The summed E-state index contributed by atoms with van der Waals surface area (Å²) in [7, 11) is 0. The van der Waals surface area contributed by atoms with Gasteiger partial charge in [-0.3, -0.25) is 9.58 Å². The Labute approximate surface area is 127 Å². The first-order chi connectivity index (χ1) is 10.2. The van der Waals surface area contributed by atoms with E-state index in [1.165, 1.54) is 25.0 Å². The monoisotopic (exact) mass is 293 g/mol. The van der Waals surface area contributed by atoms with Crippen molar-refractivity contribution in [2.45, 2.75) is 51.9 Å². The van der Waals surface area contributed by atoms with Gasteiger partial charge in [-0.2, -0.15) is 5.10 Å². The van der Waals surface area contributed by atoms with Crippen LogP contribution in [-0.4, -0.2) is 59.7 Å². The van der Waals surface area contributed by atoms with Crippen LogP contribution in [0.1, 0.15) is 30.7 Å². The normalized spacial score (nSPS) is 27.9. The lowest BCUT2D eigenvalue weighted by Crippen LogP contribution is -2.47. The predicted octanol–water partition coefficient (Wildman–Crippen LogP) is 1.77. The molecule has 0 radical (unpaired) electrons. The van der Waals surface area contributed by atoms with Gasteiger partial charge >= 0.3 is 0 Å². The zero-order valence-corrected chi connectivity index (χ0v) is 13.3. The average molecular weight is 293 g/mol. The zero-order chi connectivity index (χ0) is 14.7. The molecule has 5 nitrogen and oxygen atoms in total. The van der Waals surface area contributed by atoms with Crippen molar-refractivity contribution in [2.24, 2.45) is 0 Å². The molecule has 2 fully saturated rings. The third kappa shape index (κ3) is 4.05. The molecule has 0 amide bonds. The van der Waals surface area contributed by atoms with Crippen molar-refractivity contribution in [1.82, 2.24) is 14.7 Å². The lowest BCUT2D eigenvalue weighted by Gasteiger charge is -2.36. The molecule has 0 saturated carbocycles. The number of aromatic nitrogens is 2. The van der Waals surface area contributed by atoms with E-state index in [9.17, 15) is 0 Å². The van der Waals surface area contributed by atoms with Gasteiger partial charge in [-0.1, -0.05) is 0 Å². The van der Waals surface area contributed by atoms with Crippen molar-refractivity contribution in [3.8, 4) is 0 Å². The summed E-state index contributed by atoms with van der Waals surface area (Å²) in [6.07, 6.45) is 4.40. The molecule has 0 aromatic carbocycles. The second-order valence-corrected chi connectivity index (χ2v) is 6.35. The van der Waals surface area contributed by atoms with Gasteiger partial charge in [0.25, 0.3) is 0 Å². The van der Waals surface area contributed by atoms with Crippen LogP contribution in [0.3, 0.4) is 0 Å². The van der Waals surface area contributed by atoms with Crippen LogP contribution in [0, 0.1) is 13.8 Å². The maximum atomic E-state index is 5.92. The van der Waals surface area contributed by atoms with Gasteiger partial charge in [0.15, 0.2) is 0 Å². The Bertz CT molecular complexity index is 454. The van der Waals surface area contributed by atoms with Crippen LogP contribution >= 0.6 is 0 Å². The molecule has 2 aliphatic rings. The summed E-state index contributed by atoms with van der Waals surface area (Å²) in [6.45, 7) is 9.81. The molecule has 0 N–H and O–H groups in total. The van der Waals surface area contributed by atoms with Crippen LogP contribution in [0.2, 0.25) is 0 Å². The van der Waals surface area contributed by atoms with Gasteiger partial charge in [0.2, 0.25) is 0 Å². The summed E-state index contributed by atoms with van der Waals surface area (Å²) in [5.74, 6) is 0. The molecule has 0 spiro atoms. The lowest BCUT2D eigenvalue weighted by molar-refractivity contribution is -0.0652. The van der Waals surface area contributed by atoms with Gasteiger partial charge in [0, 0.05) is 31.9 Å². The molecule has 3 rings (SSSR count). The maximum Gasteiger partial charge on any atom is 0.0898 e. The smallest absolute Gasteiger partial charge is 0.0898 e. The molecule has 5 heteroatoms. The third-order valence-electron chi connectivity index (χ3n) is 4.44. The first kappa shape index (κ1) is 15.0. The Morgan fingerprint density at radius 1 is 1.14 bits per heavy atom. The van der Waals surface area contributed by atoms with E-state index < -0.39 is 0 Å². The van der Waals surface area contributed by atoms with Crippen molar-refractivity contribution in [3.05, 3.63) is 17.5 Å². The van der Waals surface area contributed by atoms with Crippen LogP contribution < -0.4 is 0 Å². The number of ether oxygens (including phenoxy) is 2. The van der Waals surface area contributed by atoms with Crippen LogP contribution in [-0.2, 0) is 16.0 Å². The van der Waals surface area contributed by atoms with Crippen LogP contribution in [0.5, 0.6) is 0 Å². The highest BCUT2D eigenvalue weighted by Gasteiger charge is 2.25. The van der Waals surface area contributed by atoms with E-state index >= 15 is 0 Å². The minimum Gasteiger partial charge on any atom is -0.377 e. The van der Waals surface area contributed by atoms with Gasteiger partial charge in [0.05, 0.1) is 31.1 Å². The fraction of sp³-hybridized carbons (Fsp3) is 0.812. The minimum absolute atomic E-state index is 0.236. The maximum absolute atomic E-state index is 5.92. The van der Waals surface area contributed by atoms with Gasteiger partial charge in [-0.25, -0.2) is 0 Å². The number of rotatable bonds is 4. The Kier molecular flexibility index (Phi) is 4.93. The average Bonchev–Trinajstić information content (AvgIpc) is 2.78. The molecule has 0 bridgehead atoms.